The van der Waals surface area contributed by atoms with Crippen LogP contribution in [-0.4, -0.2) is 45.7 Å². The molecule has 0 radical (unpaired) electrons. The first-order valence-electron chi connectivity index (χ1n) is 15.0. The number of nitrogens with one attached hydrogen (secondary N) is 2. The number of carbonyl (C=O) groups excluding carboxylic acids is 1. The minimum Gasteiger partial charge on any atom is -0.756 e. The van der Waals surface area contributed by atoms with Gasteiger partial charge in [-0.15, -0.1) is 0 Å². The summed E-state index contributed by atoms with van der Waals surface area (Å²) < 4.78 is 32.7. The number of rotatable bonds is 27. The van der Waals surface area contributed by atoms with Crippen molar-refractivity contribution >= 4 is 25.3 Å². The Morgan fingerprint density at radius 3 is 1.97 bits per heavy atom. The number of ether oxygens (including phenoxy) is 2. The Morgan fingerprint density at radius 2 is 1.46 bits per heavy atom. The van der Waals surface area contributed by atoms with Crippen molar-refractivity contribution in [1.82, 2.24) is 5.32 Å². The number of alkyl carbamates (subject to hydrolysis) is 1. The summed E-state index contributed by atoms with van der Waals surface area (Å²) in [5, 5.41) is 5.12. The molecule has 1 aromatic rings. The van der Waals surface area contributed by atoms with Crippen molar-refractivity contribution in [2.45, 2.75) is 122 Å². The normalized spacial score (nSPS) is 13.7. The van der Waals surface area contributed by atoms with Gasteiger partial charge in [0.1, 0.15) is 0 Å². The molecule has 11 heteroatoms. The van der Waals surface area contributed by atoms with E-state index >= 15 is 0 Å². The predicted octanol–water partition coefficient (Wildman–Crippen LogP) is 6.61. The molecular weight excluding hydrogens is 539 g/mol. The molecule has 0 aromatic carbocycles. The zero-order chi connectivity index (χ0) is 28.4. The molecule has 2 unspecified atom stereocenters. The van der Waals surface area contributed by atoms with Gasteiger partial charge in [-0.3, -0.25) is 4.57 Å². The maximum atomic E-state index is 12.0. The summed E-state index contributed by atoms with van der Waals surface area (Å²) in [6, 6.07) is 0. The van der Waals surface area contributed by atoms with Crippen molar-refractivity contribution < 1.29 is 37.8 Å². The van der Waals surface area contributed by atoms with Gasteiger partial charge >= 0.3 is 6.09 Å². The van der Waals surface area contributed by atoms with E-state index in [1.54, 1.807) is 6.20 Å². The number of phosphoric acid groups is 1. The zero-order valence-electron chi connectivity index (χ0n) is 24.3. The van der Waals surface area contributed by atoms with E-state index < -0.39 is 20.0 Å². The molecule has 1 heterocycles. The molecule has 39 heavy (non-hydrogen) atoms. The van der Waals surface area contributed by atoms with Crippen molar-refractivity contribution in [2.75, 3.05) is 33.5 Å². The maximum absolute atomic E-state index is 12.0. The van der Waals surface area contributed by atoms with Crippen LogP contribution in [0, 0.1) is 0 Å². The van der Waals surface area contributed by atoms with Gasteiger partial charge in [0, 0.05) is 13.7 Å². The highest BCUT2D eigenvalue weighted by Gasteiger charge is 2.19. The molecule has 0 bridgehead atoms. The van der Waals surface area contributed by atoms with Crippen LogP contribution in [0.25, 0.3) is 0 Å². The van der Waals surface area contributed by atoms with Crippen LogP contribution in [0.5, 0.6) is 0 Å². The summed E-state index contributed by atoms with van der Waals surface area (Å²) >= 11 is 1.48. The first-order chi connectivity index (χ1) is 19.0. The highest BCUT2D eigenvalue weighted by Crippen LogP contribution is 2.38. The largest absolute Gasteiger partial charge is 0.756 e. The van der Waals surface area contributed by atoms with Gasteiger partial charge in [-0.1, -0.05) is 115 Å². The van der Waals surface area contributed by atoms with Gasteiger partial charge in [0.2, 0.25) is 5.01 Å². The SMILES string of the molecule is CCCCCCCCCCCCCCCCCCOCC(COP(=O)([O-])OCCc1[nH+]ccs1)OC(=O)NC. The van der Waals surface area contributed by atoms with Crippen LogP contribution in [0.15, 0.2) is 11.6 Å². The van der Waals surface area contributed by atoms with E-state index in [0.29, 0.717) is 13.0 Å². The molecule has 0 aliphatic carbocycles. The first-order valence-corrected chi connectivity index (χ1v) is 17.3. The van der Waals surface area contributed by atoms with Crippen LogP contribution in [0.3, 0.4) is 0 Å². The third-order valence-corrected chi connectivity index (χ3v) is 8.29. The summed E-state index contributed by atoms with van der Waals surface area (Å²) in [6.07, 6.45) is 21.5. The molecule has 9 nitrogen and oxygen atoms in total. The number of aromatic amines is 1. The Bertz CT molecular complexity index is 740. The molecule has 2 N–H and O–H groups in total. The molecule has 2 atom stereocenters. The molecule has 228 valence electrons. The fraction of sp³-hybridized carbons (Fsp3) is 0.857. The number of carbonyl (C=O) groups is 1. The lowest BCUT2D eigenvalue weighted by Crippen LogP contribution is -2.33. The third-order valence-electron chi connectivity index (χ3n) is 6.44. The maximum Gasteiger partial charge on any atom is 0.407 e. The van der Waals surface area contributed by atoms with Gasteiger partial charge in [-0.25, -0.2) is 9.78 Å². The van der Waals surface area contributed by atoms with Crippen LogP contribution in [0.2, 0.25) is 0 Å². The molecule has 1 amide bonds. The summed E-state index contributed by atoms with van der Waals surface area (Å²) in [6.45, 7) is 2.44. The molecule has 1 rings (SSSR count). The summed E-state index contributed by atoms with van der Waals surface area (Å²) in [5.74, 6) is 0. The fourth-order valence-corrected chi connectivity index (χ4v) is 5.54. The Kier molecular flexibility index (Phi) is 22.8. The molecule has 0 spiro atoms. The van der Waals surface area contributed by atoms with Gasteiger partial charge < -0.3 is 28.7 Å². The fourth-order valence-electron chi connectivity index (χ4n) is 4.16. The van der Waals surface area contributed by atoms with Crippen LogP contribution >= 0.6 is 19.2 Å². The average Bonchev–Trinajstić information content (AvgIpc) is 3.44. The van der Waals surface area contributed by atoms with E-state index in [9.17, 15) is 14.3 Å². The highest BCUT2D eigenvalue weighted by molar-refractivity contribution is 7.45. The second-order valence-corrected chi connectivity index (χ2v) is 12.4. The van der Waals surface area contributed by atoms with Gasteiger partial charge in [-0.2, -0.15) is 0 Å². The first kappa shape index (κ1) is 36.0. The number of H-pyrrole nitrogens is 1. The van der Waals surface area contributed by atoms with E-state index in [2.05, 4.69) is 17.2 Å². The Balaban J connectivity index is 2.02. The van der Waals surface area contributed by atoms with E-state index in [1.807, 2.05) is 5.38 Å². The topological polar surface area (TPSA) is 120 Å². The molecule has 0 fully saturated rings. The van der Waals surface area contributed by atoms with Crippen molar-refractivity contribution in [3.05, 3.63) is 16.6 Å². The minimum atomic E-state index is -4.52. The second-order valence-electron chi connectivity index (χ2n) is 9.97. The quantitative estimate of drug-likeness (QED) is 0.0901. The number of phosphoric ester groups is 1. The predicted molar refractivity (Wildman–Crippen MR) is 154 cm³/mol. The minimum absolute atomic E-state index is 0.0332. The van der Waals surface area contributed by atoms with Gasteiger partial charge in [0.25, 0.3) is 7.82 Å². The lowest BCUT2D eigenvalue weighted by atomic mass is 10.0. The molecular formula is C28H53N2O7PS. The number of hydrogen-bond donors (Lipinski definition) is 1. The second kappa shape index (κ2) is 24.7. The van der Waals surface area contributed by atoms with Crippen molar-refractivity contribution in [3.8, 4) is 0 Å². The number of aromatic nitrogens is 1. The van der Waals surface area contributed by atoms with Crippen LogP contribution in [0.1, 0.15) is 115 Å². The monoisotopic (exact) mass is 592 g/mol. The Morgan fingerprint density at radius 1 is 0.897 bits per heavy atom. The average molecular weight is 593 g/mol. The smallest absolute Gasteiger partial charge is 0.407 e. The van der Waals surface area contributed by atoms with Crippen molar-refractivity contribution in [3.63, 3.8) is 0 Å². The van der Waals surface area contributed by atoms with E-state index in [0.717, 1.165) is 17.8 Å². The summed E-state index contributed by atoms with van der Waals surface area (Å²) in [4.78, 5) is 26.6. The van der Waals surface area contributed by atoms with Crippen LogP contribution in [0.4, 0.5) is 4.79 Å². The number of hydrogen-bond acceptors (Lipinski definition) is 8. The van der Waals surface area contributed by atoms with Gasteiger partial charge in [0.15, 0.2) is 12.3 Å². The third kappa shape index (κ3) is 22.4. The van der Waals surface area contributed by atoms with Crippen molar-refractivity contribution in [2.24, 2.45) is 0 Å². The summed E-state index contributed by atoms with van der Waals surface area (Å²) in [5.41, 5.74) is 0. The van der Waals surface area contributed by atoms with Crippen LogP contribution in [-0.2, 0) is 29.5 Å². The standard InChI is InChI=1S/C28H53N2O7PS/c1-3-4-5-6-7-8-9-10-11-12-13-14-15-16-17-18-21-34-24-26(37-28(31)29-2)25-36-38(32,33)35-22-19-27-30-20-23-39-27/h20,23,26H,3-19,21-22,24-25H2,1-2H3,(H,29,31)(H,32,33). The highest BCUT2D eigenvalue weighted by atomic mass is 32.1. The van der Waals surface area contributed by atoms with Crippen molar-refractivity contribution in [1.29, 1.82) is 0 Å². The number of thiazole rings is 1. The Hall–Kier alpha value is -1.03. The van der Waals surface area contributed by atoms with E-state index in [1.165, 1.54) is 108 Å². The molecule has 0 aliphatic heterocycles. The lowest BCUT2D eigenvalue weighted by Gasteiger charge is -2.25. The zero-order valence-corrected chi connectivity index (χ0v) is 26.0. The van der Waals surface area contributed by atoms with Gasteiger partial charge in [0.05, 0.1) is 31.6 Å². The molecule has 0 saturated heterocycles. The Labute approximate surface area is 240 Å². The summed E-state index contributed by atoms with van der Waals surface area (Å²) in [7, 11) is -3.09. The lowest BCUT2D eigenvalue weighted by molar-refractivity contribution is -0.382. The number of amides is 1. The van der Waals surface area contributed by atoms with E-state index in [-0.39, 0.29) is 19.8 Å². The molecule has 0 aliphatic rings. The molecule has 1 aromatic heterocycles. The van der Waals surface area contributed by atoms with Crippen LogP contribution < -0.4 is 15.2 Å². The molecule has 0 saturated carbocycles. The number of unbranched alkanes of at least 4 members (excludes halogenated alkanes) is 15. The van der Waals surface area contributed by atoms with E-state index in [4.69, 9.17) is 18.5 Å². The van der Waals surface area contributed by atoms with Gasteiger partial charge in [-0.05, 0) is 6.42 Å².